The number of benzene rings is 11. The van der Waals surface area contributed by atoms with Gasteiger partial charge in [0.25, 0.3) is 0 Å². The van der Waals surface area contributed by atoms with E-state index in [9.17, 15) is 0 Å². The van der Waals surface area contributed by atoms with Crippen molar-refractivity contribution in [2.75, 3.05) is 4.90 Å². The van der Waals surface area contributed by atoms with Crippen molar-refractivity contribution in [2.45, 2.75) is 120 Å². The van der Waals surface area contributed by atoms with E-state index in [0.717, 1.165) is 17.1 Å². The average molecular weight is 1150 g/mol. The Morgan fingerprint density at radius 3 is 1.40 bits per heavy atom. The molecule has 0 atom stereocenters. The van der Waals surface area contributed by atoms with Crippen molar-refractivity contribution in [1.29, 1.82) is 0 Å². The number of fused-ring (bicyclic) bond motifs is 21. The maximum absolute atomic E-state index is 2.69. The summed E-state index contributed by atoms with van der Waals surface area (Å²) in [5.41, 5.74) is 30.4. The van der Waals surface area contributed by atoms with Crippen molar-refractivity contribution in [3.05, 3.63) is 263 Å². The first-order valence-corrected chi connectivity index (χ1v) is 32.5. The smallest absolute Gasteiger partial charge is 0.249 e. The number of rotatable bonds is 4. The zero-order valence-electron chi connectivity index (χ0n) is 52.6. The number of anilines is 3. The Labute approximate surface area is 522 Å². The van der Waals surface area contributed by atoms with E-state index in [4.69, 9.17) is 0 Å². The summed E-state index contributed by atoms with van der Waals surface area (Å²) in [6.07, 6.45) is 0. The molecule has 2 aliphatic carbocycles. The predicted molar refractivity (Wildman–Crippen MR) is 376 cm³/mol. The van der Waals surface area contributed by atoms with E-state index in [1.165, 1.54) is 148 Å². The minimum absolute atomic E-state index is 0.00513. The fourth-order valence-electron chi connectivity index (χ4n) is 16.0. The van der Waals surface area contributed by atoms with Gasteiger partial charge in [-0.2, -0.15) is 0 Å². The maximum Gasteiger partial charge on any atom is 0.249 e. The Kier molecular flexibility index (Phi) is 11.0. The lowest BCUT2D eigenvalue weighted by Crippen LogP contribution is -2.59. The molecule has 0 bridgehead atoms. The second-order valence-corrected chi connectivity index (χ2v) is 30.8. The molecular weight excluding hydrogens is 1080 g/mol. The summed E-state index contributed by atoms with van der Waals surface area (Å²) in [6, 6.07) is 85.5. The summed E-state index contributed by atoms with van der Waals surface area (Å²) in [5, 5.41) is 5.12. The molecule has 0 saturated carbocycles. The number of para-hydroxylation sites is 2. The molecule has 0 radical (unpaired) electrons. The fourth-order valence-corrected chi connectivity index (χ4v) is 17.2. The number of hydrogen-bond acceptors (Lipinski definition) is 2. The first-order valence-electron chi connectivity index (χ1n) is 31.7. The van der Waals surface area contributed by atoms with E-state index in [2.05, 4.69) is 316 Å². The van der Waals surface area contributed by atoms with Crippen LogP contribution in [0.4, 0.5) is 17.1 Å². The third-order valence-electron chi connectivity index (χ3n) is 20.4. The molecule has 1 spiro atoms. The zero-order valence-corrected chi connectivity index (χ0v) is 53.4. The molecule has 0 fully saturated rings. The van der Waals surface area contributed by atoms with Crippen LogP contribution in [0.15, 0.2) is 228 Å². The number of nitrogens with zero attached hydrogens (tertiary/aromatic N) is 3. The lowest BCUT2D eigenvalue weighted by atomic mass is 9.35. The molecule has 0 N–H and O–H groups in total. The van der Waals surface area contributed by atoms with Crippen molar-refractivity contribution in [3.8, 4) is 33.6 Å². The van der Waals surface area contributed by atoms with Crippen LogP contribution >= 0.6 is 11.8 Å². The van der Waals surface area contributed by atoms with Crippen LogP contribution in [0, 0.1) is 0 Å². The van der Waals surface area contributed by atoms with Crippen molar-refractivity contribution >= 4 is 95.5 Å². The molecule has 11 aromatic carbocycles. The molecule has 3 nitrogen and oxygen atoms in total. The Morgan fingerprint density at radius 1 is 0.364 bits per heavy atom. The summed E-state index contributed by atoms with van der Waals surface area (Å²) in [7, 11) is 0. The first kappa shape index (κ1) is 53.5. The van der Waals surface area contributed by atoms with E-state index in [1.54, 1.807) is 0 Å². The Morgan fingerprint density at radius 2 is 0.852 bits per heavy atom. The molecular formula is C83H72BN3S. The van der Waals surface area contributed by atoms with Gasteiger partial charge in [0.15, 0.2) is 0 Å². The normalized spacial score (nSPS) is 14.4. The van der Waals surface area contributed by atoms with Crippen LogP contribution < -0.4 is 21.3 Å². The van der Waals surface area contributed by atoms with Crippen molar-refractivity contribution in [1.82, 2.24) is 9.13 Å². The van der Waals surface area contributed by atoms with Crippen molar-refractivity contribution in [2.24, 2.45) is 0 Å². The molecule has 0 saturated heterocycles. The minimum atomic E-state index is -0.471. The van der Waals surface area contributed by atoms with E-state index in [1.807, 2.05) is 11.8 Å². The van der Waals surface area contributed by atoms with Gasteiger partial charge in [-0.15, -0.1) is 0 Å². The summed E-state index contributed by atoms with van der Waals surface area (Å²) < 4.78 is 5.32. The molecule has 2 aromatic heterocycles. The third kappa shape index (κ3) is 7.40. The van der Waals surface area contributed by atoms with Gasteiger partial charge in [-0.3, -0.25) is 0 Å². The van der Waals surface area contributed by atoms with Gasteiger partial charge in [-0.1, -0.05) is 252 Å². The Balaban J connectivity index is 1.01. The van der Waals surface area contributed by atoms with Crippen LogP contribution in [0.5, 0.6) is 0 Å². The molecule has 0 amide bonds. The summed E-state index contributed by atoms with van der Waals surface area (Å²) in [5.74, 6) is 0. The maximum atomic E-state index is 2.69. The van der Waals surface area contributed by atoms with Gasteiger partial charge in [-0.25, -0.2) is 0 Å². The van der Waals surface area contributed by atoms with E-state index < -0.39 is 5.41 Å². The van der Waals surface area contributed by atoms with Gasteiger partial charge in [0.2, 0.25) is 6.71 Å². The molecule has 5 heteroatoms. The molecule has 0 unspecified atom stereocenters. The molecule has 17 rings (SSSR count). The molecule has 2 aliphatic heterocycles. The van der Waals surface area contributed by atoms with Gasteiger partial charge in [-0.05, 0) is 166 Å². The number of hydrogen-bond donors (Lipinski definition) is 0. The zero-order chi connectivity index (χ0) is 60.3. The third-order valence-corrected chi connectivity index (χ3v) is 21.5. The van der Waals surface area contributed by atoms with Crippen LogP contribution in [-0.4, -0.2) is 15.8 Å². The molecule has 13 aromatic rings. The van der Waals surface area contributed by atoms with Crippen molar-refractivity contribution in [3.63, 3.8) is 0 Å². The quantitative estimate of drug-likeness (QED) is 0.163. The van der Waals surface area contributed by atoms with Crippen LogP contribution in [0.1, 0.15) is 128 Å². The SMILES string of the molecule is CC(C)(C)c1ccc(N(c2ccc(C(C)(C)C)cc2)c2cc3c4c(c2)-n2c5ccccc5c5c2c(cc2c6ccccc6n(-c6cc(C(C)(C)C)cc(C(C)(C)C)c6)c25)B4c2cc4c(cc2S3)C2(c3ccccc3-c3ccccc32)c2ccccc2-4)cc1. The highest BCUT2D eigenvalue weighted by molar-refractivity contribution is 8.00. The monoisotopic (exact) mass is 1150 g/mol. The molecule has 88 heavy (non-hydrogen) atoms. The summed E-state index contributed by atoms with van der Waals surface area (Å²) in [6.45, 7) is 27.9. The molecule has 4 heterocycles. The highest BCUT2D eigenvalue weighted by Gasteiger charge is 2.53. The van der Waals surface area contributed by atoms with Crippen LogP contribution in [-0.2, 0) is 27.1 Å². The van der Waals surface area contributed by atoms with Gasteiger partial charge in [0.1, 0.15) is 0 Å². The minimum Gasteiger partial charge on any atom is -0.310 e. The topological polar surface area (TPSA) is 13.1 Å². The molecule has 428 valence electrons. The largest absolute Gasteiger partial charge is 0.310 e. The second-order valence-electron chi connectivity index (χ2n) is 29.7. The number of aromatic nitrogens is 2. The Hall–Kier alpha value is -8.77. The van der Waals surface area contributed by atoms with Crippen molar-refractivity contribution < 1.29 is 0 Å². The summed E-state index contributed by atoms with van der Waals surface area (Å²) in [4.78, 5) is 5.13. The fraction of sp³-hybridized carbons (Fsp3) is 0.205. The lowest BCUT2D eigenvalue weighted by molar-refractivity contribution is 0.568. The first-order chi connectivity index (χ1) is 42.2. The van der Waals surface area contributed by atoms with Crippen LogP contribution in [0.3, 0.4) is 0 Å². The van der Waals surface area contributed by atoms with Crippen LogP contribution in [0.25, 0.3) is 77.2 Å². The van der Waals surface area contributed by atoms with Gasteiger partial charge >= 0.3 is 0 Å². The highest BCUT2D eigenvalue weighted by atomic mass is 32.2. The van der Waals surface area contributed by atoms with Crippen LogP contribution in [0.2, 0.25) is 0 Å². The predicted octanol–water partition coefficient (Wildman–Crippen LogP) is 20.2. The van der Waals surface area contributed by atoms with Gasteiger partial charge in [0.05, 0.1) is 27.5 Å². The highest BCUT2D eigenvalue weighted by Crippen LogP contribution is 2.63. The standard InChI is InChI=1S/C83H72BN3S/c1-79(2,3)49-33-37-53(38-34-49)85(54-39-35-50(36-40-54)80(4,5)6)56-44-72-76-74(45-56)88-73-48-67-62(59-25-15-20-30-66(59)83(67)64-28-18-13-23-57(64)58-24-14-19-29-65(58)83)46-68(73)84(76)69-47-63-60-26-16-21-31-70(60)86(55-42-51(81(7,8)9)41-52(43-55)82(10,11)12)77(63)75-61-27-17-22-32-71(61)87(72)78(69)75/h13-48H,1-12H3. The van der Waals surface area contributed by atoms with Gasteiger partial charge in [0, 0.05) is 59.8 Å². The van der Waals surface area contributed by atoms with E-state index >= 15 is 0 Å². The second kappa shape index (κ2) is 18.2. The lowest BCUT2D eigenvalue weighted by Gasteiger charge is -2.37. The average Bonchev–Trinajstić information content (AvgIpc) is 1.49. The summed E-state index contributed by atoms with van der Waals surface area (Å²) >= 11 is 1.97. The molecule has 4 aliphatic rings. The van der Waals surface area contributed by atoms with E-state index in [-0.39, 0.29) is 28.4 Å². The van der Waals surface area contributed by atoms with Gasteiger partial charge < -0.3 is 14.0 Å². The Bertz CT molecular complexity index is 5020. The van der Waals surface area contributed by atoms with E-state index in [0.29, 0.717) is 0 Å².